The van der Waals surface area contributed by atoms with Gasteiger partial charge in [-0.3, -0.25) is 0 Å². The second kappa shape index (κ2) is 7.94. The monoisotopic (exact) mass is 296 g/mol. The van der Waals surface area contributed by atoms with Crippen molar-refractivity contribution in [2.75, 3.05) is 26.2 Å². The van der Waals surface area contributed by atoms with Crippen molar-refractivity contribution in [2.45, 2.75) is 83.9 Å². The van der Waals surface area contributed by atoms with E-state index in [4.69, 9.17) is 4.74 Å². The summed E-state index contributed by atoms with van der Waals surface area (Å²) in [5.41, 5.74) is 0.140. The SMILES string of the molecule is CCN1CCC(C(C)NC2CCOC(CC)(CC)C2)CC1. The lowest BCUT2D eigenvalue weighted by Crippen LogP contribution is -2.51. The van der Waals surface area contributed by atoms with Gasteiger partial charge in [0.2, 0.25) is 0 Å². The fourth-order valence-corrected chi connectivity index (χ4v) is 4.19. The highest BCUT2D eigenvalue weighted by atomic mass is 16.5. The van der Waals surface area contributed by atoms with Crippen LogP contribution in [0.25, 0.3) is 0 Å². The van der Waals surface area contributed by atoms with E-state index < -0.39 is 0 Å². The average Bonchev–Trinajstić information content (AvgIpc) is 2.55. The number of likely N-dealkylation sites (tertiary alicyclic amines) is 1. The van der Waals surface area contributed by atoms with Gasteiger partial charge in [0.1, 0.15) is 0 Å². The second-order valence-electron chi connectivity index (χ2n) is 7.16. The predicted octanol–water partition coefficient (Wildman–Crippen LogP) is 3.43. The van der Waals surface area contributed by atoms with Crippen LogP contribution in [0.1, 0.15) is 66.2 Å². The summed E-state index contributed by atoms with van der Waals surface area (Å²) in [6.45, 7) is 13.9. The van der Waals surface area contributed by atoms with Gasteiger partial charge in [0.05, 0.1) is 5.60 Å². The Morgan fingerprint density at radius 1 is 1.14 bits per heavy atom. The topological polar surface area (TPSA) is 24.5 Å². The van der Waals surface area contributed by atoms with Gasteiger partial charge >= 0.3 is 0 Å². The largest absolute Gasteiger partial charge is 0.375 e. The van der Waals surface area contributed by atoms with Gasteiger partial charge in [-0.2, -0.15) is 0 Å². The molecule has 124 valence electrons. The van der Waals surface area contributed by atoms with Gasteiger partial charge in [0.25, 0.3) is 0 Å². The summed E-state index contributed by atoms with van der Waals surface area (Å²) >= 11 is 0. The lowest BCUT2D eigenvalue weighted by molar-refractivity contribution is -0.0947. The van der Waals surface area contributed by atoms with Crippen LogP contribution in [0.5, 0.6) is 0 Å². The van der Waals surface area contributed by atoms with Crippen LogP contribution in [0.15, 0.2) is 0 Å². The molecule has 0 aliphatic carbocycles. The number of hydrogen-bond acceptors (Lipinski definition) is 3. The molecular formula is C18H36N2O. The van der Waals surface area contributed by atoms with E-state index in [1.807, 2.05) is 0 Å². The van der Waals surface area contributed by atoms with Gasteiger partial charge in [-0.15, -0.1) is 0 Å². The molecule has 2 saturated heterocycles. The Labute approximate surface area is 131 Å². The predicted molar refractivity (Wildman–Crippen MR) is 89.7 cm³/mol. The molecule has 2 fully saturated rings. The maximum Gasteiger partial charge on any atom is 0.0692 e. The van der Waals surface area contributed by atoms with E-state index in [-0.39, 0.29) is 5.60 Å². The summed E-state index contributed by atoms with van der Waals surface area (Å²) in [6.07, 6.45) is 7.38. The van der Waals surface area contributed by atoms with Gasteiger partial charge in [-0.1, -0.05) is 20.8 Å². The standard InChI is InChI=1S/C18H36N2O/c1-5-18(6-2)14-17(10-13-21-18)19-15(4)16-8-11-20(7-3)12-9-16/h15-17,19H,5-14H2,1-4H3. The number of nitrogens with one attached hydrogen (secondary N) is 1. The van der Waals surface area contributed by atoms with Crippen molar-refractivity contribution in [3.05, 3.63) is 0 Å². The molecule has 0 aromatic rings. The quantitative estimate of drug-likeness (QED) is 0.812. The van der Waals surface area contributed by atoms with E-state index in [9.17, 15) is 0 Å². The third-order valence-electron chi connectivity index (χ3n) is 6.07. The smallest absolute Gasteiger partial charge is 0.0692 e. The molecule has 3 nitrogen and oxygen atoms in total. The molecular weight excluding hydrogens is 260 g/mol. The van der Waals surface area contributed by atoms with E-state index >= 15 is 0 Å². The van der Waals surface area contributed by atoms with Crippen molar-refractivity contribution in [2.24, 2.45) is 5.92 Å². The third kappa shape index (κ3) is 4.43. The van der Waals surface area contributed by atoms with Crippen molar-refractivity contribution in [1.29, 1.82) is 0 Å². The number of rotatable bonds is 6. The molecule has 2 aliphatic rings. The average molecular weight is 296 g/mol. The Balaban J connectivity index is 1.81. The van der Waals surface area contributed by atoms with Gasteiger partial charge in [0.15, 0.2) is 0 Å². The molecule has 3 heteroatoms. The zero-order chi connectivity index (χ0) is 15.3. The summed E-state index contributed by atoms with van der Waals surface area (Å²) in [5.74, 6) is 0.855. The maximum absolute atomic E-state index is 6.10. The van der Waals surface area contributed by atoms with E-state index in [1.165, 1.54) is 45.3 Å². The van der Waals surface area contributed by atoms with Crippen LogP contribution < -0.4 is 5.32 Å². The second-order valence-corrected chi connectivity index (χ2v) is 7.16. The van der Waals surface area contributed by atoms with Crippen LogP contribution in [0.3, 0.4) is 0 Å². The highest BCUT2D eigenvalue weighted by Crippen LogP contribution is 2.32. The molecule has 0 bridgehead atoms. The van der Waals surface area contributed by atoms with E-state index in [0.29, 0.717) is 12.1 Å². The van der Waals surface area contributed by atoms with Gasteiger partial charge in [-0.25, -0.2) is 0 Å². The molecule has 2 heterocycles. The van der Waals surface area contributed by atoms with E-state index in [0.717, 1.165) is 25.4 Å². The van der Waals surface area contributed by atoms with Crippen molar-refractivity contribution < 1.29 is 4.74 Å². The first-order valence-electron chi connectivity index (χ1n) is 9.24. The summed E-state index contributed by atoms with van der Waals surface area (Å²) in [6, 6.07) is 1.30. The first kappa shape index (κ1) is 17.2. The molecule has 21 heavy (non-hydrogen) atoms. The normalized spacial score (nSPS) is 29.4. The summed E-state index contributed by atoms with van der Waals surface area (Å²) in [4.78, 5) is 2.58. The first-order valence-corrected chi connectivity index (χ1v) is 9.24. The fourth-order valence-electron chi connectivity index (χ4n) is 4.19. The van der Waals surface area contributed by atoms with E-state index in [2.05, 4.69) is 37.9 Å². The van der Waals surface area contributed by atoms with Crippen LogP contribution in [0, 0.1) is 5.92 Å². The number of nitrogens with zero attached hydrogens (tertiary/aromatic N) is 1. The molecule has 0 radical (unpaired) electrons. The third-order valence-corrected chi connectivity index (χ3v) is 6.07. The maximum atomic E-state index is 6.10. The molecule has 0 amide bonds. The zero-order valence-corrected chi connectivity index (χ0v) is 14.7. The van der Waals surface area contributed by atoms with Crippen molar-refractivity contribution in [1.82, 2.24) is 10.2 Å². The van der Waals surface area contributed by atoms with Crippen LogP contribution in [0.4, 0.5) is 0 Å². The van der Waals surface area contributed by atoms with Crippen molar-refractivity contribution >= 4 is 0 Å². The van der Waals surface area contributed by atoms with Crippen LogP contribution in [-0.4, -0.2) is 48.8 Å². The number of hydrogen-bond donors (Lipinski definition) is 1. The minimum absolute atomic E-state index is 0.140. The Morgan fingerprint density at radius 2 is 1.81 bits per heavy atom. The lowest BCUT2D eigenvalue weighted by atomic mass is 9.84. The summed E-state index contributed by atoms with van der Waals surface area (Å²) < 4.78 is 6.10. The highest BCUT2D eigenvalue weighted by molar-refractivity contribution is 4.90. The first-order chi connectivity index (χ1) is 10.1. The Kier molecular flexibility index (Phi) is 6.51. The molecule has 2 rings (SSSR count). The van der Waals surface area contributed by atoms with Crippen LogP contribution >= 0.6 is 0 Å². The van der Waals surface area contributed by atoms with Crippen molar-refractivity contribution in [3.8, 4) is 0 Å². The number of piperidine rings is 1. The minimum atomic E-state index is 0.140. The molecule has 0 saturated carbocycles. The molecule has 2 unspecified atom stereocenters. The summed E-state index contributed by atoms with van der Waals surface area (Å²) in [7, 11) is 0. The Hall–Kier alpha value is -0.120. The van der Waals surface area contributed by atoms with Gasteiger partial charge in [-0.05, 0) is 71.0 Å². The van der Waals surface area contributed by atoms with Crippen LogP contribution in [-0.2, 0) is 4.74 Å². The zero-order valence-electron chi connectivity index (χ0n) is 14.7. The van der Waals surface area contributed by atoms with Gasteiger partial charge < -0.3 is 15.0 Å². The molecule has 0 aromatic heterocycles. The highest BCUT2D eigenvalue weighted by Gasteiger charge is 2.35. The Bertz CT molecular complexity index is 296. The van der Waals surface area contributed by atoms with E-state index in [1.54, 1.807) is 0 Å². The molecule has 2 atom stereocenters. The Morgan fingerprint density at radius 3 is 2.38 bits per heavy atom. The minimum Gasteiger partial charge on any atom is -0.375 e. The molecule has 0 aromatic carbocycles. The fraction of sp³-hybridized carbons (Fsp3) is 1.00. The van der Waals surface area contributed by atoms with Gasteiger partial charge in [0, 0.05) is 18.7 Å². The van der Waals surface area contributed by atoms with Crippen LogP contribution in [0.2, 0.25) is 0 Å². The molecule has 0 spiro atoms. The lowest BCUT2D eigenvalue weighted by Gasteiger charge is -2.42. The van der Waals surface area contributed by atoms with Crippen molar-refractivity contribution in [3.63, 3.8) is 0 Å². The molecule has 2 aliphatic heterocycles. The molecule has 1 N–H and O–H groups in total. The summed E-state index contributed by atoms with van der Waals surface area (Å²) in [5, 5.41) is 3.95. The number of ether oxygens (including phenoxy) is 1.